The van der Waals surface area contributed by atoms with Gasteiger partial charge in [0.05, 0.1) is 18.7 Å². The van der Waals surface area contributed by atoms with Gasteiger partial charge in [0.1, 0.15) is 0 Å². The van der Waals surface area contributed by atoms with Crippen LogP contribution in [0.1, 0.15) is 11.4 Å². The molecule has 3 rings (SSSR count). The summed E-state index contributed by atoms with van der Waals surface area (Å²) in [4.78, 5) is 12.1. The number of nitrogens with one attached hydrogen (secondary N) is 1. The number of amides is 1. The number of hydrogen-bond acceptors (Lipinski definition) is 4. The van der Waals surface area contributed by atoms with Crippen LogP contribution in [0.4, 0.5) is 0 Å². The van der Waals surface area contributed by atoms with Crippen molar-refractivity contribution in [3.63, 3.8) is 0 Å². The summed E-state index contributed by atoms with van der Waals surface area (Å²) in [6.45, 7) is 0.242. The normalized spacial score (nSPS) is 10.6. The fourth-order valence-electron chi connectivity index (χ4n) is 2.15. The van der Waals surface area contributed by atoms with Crippen LogP contribution in [-0.2, 0) is 17.8 Å². The lowest BCUT2D eigenvalue weighted by molar-refractivity contribution is -0.120. The molecule has 24 heavy (non-hydrogen) atoms. The SMILES string of the molecule is O=C(Cc1ccc(Cl)cc1)NCc1nnnn1-c1cccc(Br)c1. The Hall–Kier alpha value is -2.25. The molecular formula is C16H13BrClN5O. The molecule has 6 nitrogen and oxygen atoms in total. The summed E-state index contributed by atoms with van der Waals surface area (Å²) in [6.07, 6.45) is 0.273. The first-order valence-electron chi connectivity index (χ1n) is 7.16. The van der Waals surface area contributed by atoms with Crippen molar-refractivity contribution in [1.82, 2.24) is 25.5 Å². The Kier molecular flexibility index (Phi) is 5.22. The predicted molar refractivity (Wildman–Crippen MR) is 93.9 cm³/mol. The predicted octanol–water partition coefficient (Wildman–Crippen LogP) is 2.94. The Labute approximate surface area is 152 Å². The zero-order valence-corrected chi connectivity index (χ0v) is 14.8. The van der Waals surface area contributed by atoms with Crippen molar-refractivity contribution in [2.75, 3.05) is 0 Å². The van der Waals surface area contributed by atoms with Gasteiger partial charge in [-0.15, -0.1) is 5.10 Å². The molecule has 1 N–H and O–H groups in total. The Morgan fingerprint density at radius 1 is 1.21 bits per heavy atom. The van der Waals surface area contributed by atoms with Crippen LogP contribution in [0, 0.1) is 0 Å². The third-order valence-corrected chi connectivity index (χ3v) is 4.05. The summed E-state index contributed by atoms with van der Waals surface area (Å²) >= 11 is 9.25. The first-order valence-corrected chi connectivity index (χ1v) is 8.33. The molecule has 8 heteroatoms. The largest absolute Gasteiger partial charge is 0.348 e. The summed E-state index contributed by atoms with van der Waals surface area (Å²) in [5.74, 6) is 0.443. The van der Waals surface area contributed by atoms with Gasteiger partial charge in [-0.2, -0.15) is 4.68 Å². The number of aromatic nitrogens is 4. The molecule has 0 unspecified atom stereocenters. The summed E-state index contributed by atoms with van der Waals surface area (Å²) < 4.78 is 2.51. The Balaban J connectivity index is 1.64. The Morgan fingerprint density at radius 2 is 2.00 bits per heavy atom. The van der Waals surface area contributed by atoms with E-state index in [9.17, 15) is 4.79 Å². The van der Waals surface area contributed by atoms with Gasteiger partial charge in [-0.1, -0.05) is 45.7 Å². The van der Waals surface area contributed by atoms with Gasteiger partial charge in [0.2, 0.25) is 5.91 Å². The van der Waals surface area contributed by atoms with Gasteiger partial charge in [-0.05, 0) is 46.3 Å². The van der Waals surface area contributed by atoms with Gasteiger partial charge in [0.15, 0.2) is 5.82 Å². The van der Waals surface area contributed by atoms with E-state index < -0.39 is 0 Å². The van der Waals surface area contributed by atoms with E-state index in [0.717, 1.165) is 15.7 Å². The minimum atomic E-state index is -0.110. The molecule has 0 atom stereocenters. The molecule has 122 valence electrons. The Morgan fingerprint density at radius 3 is 2.75 bits per heavy atom. The molecule has 0 fully saturated rings. The van der Waals surface area contributed by atoms with Crippen molar-refractivity contribution < 1.29 is 4.79 Å². The van der Waals surface area contributed by atoms with E-state index in [-0.39, 0.29) is 18.9 Å². The number of benzene rings is 2. The van der Waals surface area contributed by atoms with E-state index >= 15 is 0 Å². The number of nitrogens with zero attached hydrogens (tertiary/aromatic N) is 4. The summed E-state index contributed by atoms with van der Waals surface area (Å²) in [6, 6.07) is 14.8. The van der Waals surface area contributed by atoms with E-state index in [1.54, 1.807) is 16.8 Å². The van der Waals surface area contributed by atoms with Crippen molar-refractivity contribution in [3.05, 3.63) is 69.4 Å². The molecule has 1 amide bonds. The van der Waals surface area contributed by atoms with Gasteiger partial charge >= 0.3 is 0 Å². The first kappa shape index (κ1) is 16.6. The number of halogens is 2. The highest BCUT2D eigenvalue weighted by molar-refractivity contribution is 9.10. The highest BCUT2D eigenvalue weighted by Gasteiger charge is 2.10. The molecule has 0 bridgehead atoms. The summed E-state index contributed by atoms with van der Waals surface area (Å²) in [5, 5.41) is 15.1. The molecular weight excluding hydrogens is 394 g/mol. The molecule has 0 saturated heterocycles. The quantitative estimate of drug-likeness (QED) is 0.707. The smallest absolute Gasteiger partial charge is 0.224 e. The number of hydrogen-bond donors (Lipinski definition) is 1. The second-order valence-corrected chi connectivity index (χ2v) is 6.42. The van der Waals surface area contributed by atoms with Gasteiger partial charge in [-0.3, -0.25) is 4.79 Å². The second-order valence-electron chi connectivity index (χ2n) is 5.07. The zero-order chi connectivity index (χ0) is 16.9. The standard InChI is InChI=1S/C16H13BrClN5O/c17-12-2-1-3-14(9-12)23-15(20-21-22-23)10-19-16(24)8-11-4-6-13(18)7-5-11/h1-7,9H,8,10H2,(H,19,24). The minimum Gasteiger partial charge on any atom is -0.348 e. The number of carbonyl (C=O) groups is 1. The topological polar surface area (TPSA) is 72.7 Å². The van der Waals surface area contributed by atoms with Crippen LogP contribution in [0.15, 0.2) is 53.0 Å². The summed E-state index contributed by atoms with van der Waals surface area (Å²) in [5.41, 5.74) is 1.71. The average Bonchev–Trinajstić information content (AvgIpc) is 3.04. The van der Waals surface area contributed by atoms with E-state index in [1.807, 2.05) is 36.4 Å². The average molecular weight is 407 g/mol. The maximum Gasteiger partial charge on any atom is 0.224 e. The molecule has 1 heterocycles. The van der Waals surface area contributed by atoms with Crippen molar-refractivity contribution in [3.8, 4) is 5.69 Å². The fourth-order valence-corrected chi connectivity index (χ4v) is 2.67. The molecule has 0 aliphatic rings. The second kappa shape index (κ2) is 7.55. The van der Waals surface area contributed by atoms with Crippen molar-refractivity contribution in [1.29, 1.82) is 0 Å². The van der Waals surface area contributed by atoms with Crippen molar-refractivity contribution >= 4 is 33.4 Å². The molecule has 0 aliphatic heterocycles. The number of tetrazole rings is 1. The molecule has 1 aromatic heterocycles. The van der Waals surface area contributed by atoms with Crippen LogP contribution in [0.2, 0.25) is 5.02 Å². The molecule has 0 spiro atoms. The van der Waals surface area contributed by atoms with Crippen molar-refractivity contribution in [2.24, 2.45) is 0 Å². The third kappa shape index (κ3) is 4.18. The molecule has 0 radical (unpaired) electrons. The number of rotatable bonds is 5. The molecule has 2 aromatic carbocycles. The van der Waals surface area contributed by atoms with Gasteiger partial charge in [0, 0.05) is 9.50 Å². The molecule has 0 saturated carbocycles. The van der Waals surface area contributed by atoms with E-state index in [1.165, 1.54) is 0 Å². The lowest BCUT2D eigenvalue weighted by Gasteiger charge is -2.07. The lowest BCUT2D eigenvalue weighted by atomic mass is 10.1. The first-order chi connectivity index (χ1) is 11.6. The van der Waals surface area contributed by atoms with Gasteiger partial charge in [-0.25, -0.2) is 0 Å². The monoisotopic (exact) mass is 405 g/mol. The van der Waals surface area contributed by atoms with Crippen LogP contribution < -0.4 is 5.32 Å². The maximum atomic E-state index is 12.1. The number of carbonyl (C=O) groups excluding carboxylic acids is 1. The fraction of sp³-hybridized carbons (Fsp3) is 0.125. The minimum absolute atomic E-state index is 0.110. The van der Waals surface area contributed by atoms with Gasteiger partial charge < -0.3 is 5.32 Å². The van der Waals surface area contributed by atoms with Crippen LogP contribution in [0.25, 0.3) is 5.69 Å². The zero-order valence-electron chi connectivity index (χ0n) is 12.5. The van der Waals surface area contributed by atoms with Crippen LogP contribution in [-0.4, -0.2) is 26.1 Å². The van der Waals surface area contributed by atoms with E-state index in [0.29, 0.717) is 10.8 Å². The van der Waals surface area contributed by atoms with Gasteiger partial charge in [0.25, 0.3) is 0 Å². The lowest BCUT2D eigenvalue weighted by Crippen LogP contribution is -2.26. The third-order valence-electron chi connectivity index (χ3n) is 3.31. The maximum absolute atomic E-state index is 12.1. The van der Waals surface area contributed by atoms with Crippen LogP contribution >= 0.6 is 27.5 Å². The van der Waals surface area contributed by atoms with Crippen LogP contribution in [0.3, 0.4) is 0 Å². The van der Waals surface area contributed by atoms with Crippen molar-refractivity contribution in [2.45, 2.75) is 13.0 Å². The highest BCUT2D eigenvalue weighted by Crippen LogP contribution is 2.15. The Bertz CT molecular complexity index is 850. The van der Waals surface area contributed by atoms with Crippen LogP contribution in [0.5, 0.6) is 0 Å². The molecule has 0 aliphatic carbocycles. The molecule has 3 aromatic rings. The highest BCUT2D eigenvalue weighted by atomic mass is 79.9. The summed E-state index contributed by atoms with van der Waals surface area (Å²) in [7, 11) is 0. The van der Waals surface area contributed by atoms with E-state index in [4.69, 9.17) is 11.6 Å². The van der Waals surface area contributed by atoms with E-state index in [2.05, 4.69) is 36.8 Å².